The predicted molar refractivity (Wildman–Crippen MR) is 79.9 cm³/mol. The quantitative estimate of drug-likeness (QED) is 0.944. The van der Waals surface area contributed by atoms with Gasteiger partial charge < -0.3 is 5.32 Å². The van der Waals surface area contributed by atoms with Gasteiger partial charge in [0.2, 0.25) is 11.8 Å². The van der Waals surface area contributed by atoms with Crippen molar-refractivity contribution in [1.29, 1.82) is 0 Å². The Hall–Kier alpha value is -2.76. The zero-order valence-corrected chi connectivity index (χ0v) is 11.8. The predicted octanol–water partition coefficient (Wildman–Crippen LogP) is 2.14. The molecule has 0 aliphatic carbocycles. The van der Waals surface area contributed by atoms with Gasteiger partial charge in [0.15, 0.2) is 0 Å². The summed E-state index contributed by atoms with van der Waals surface area (Å²) >= 11 is 0. The summed E-state index contributed by atoms with van der Waals surface area (Å²) in [7, 11) is 0. The molecule has 0 unspecified atom stereocenters. The molecule has 1 aromatic heterocycles. The summed E-state index contributed by atoms with van der Waals surface area (Å²) in [6.07, 6.45) is 3.86. The molecule has 0 saturated heterocycles. The second-order valence-corrected chi connectivity index (χ2v) is 5.02. The van der Waals surface area contributed by atoms with E-state index in [1.54, 1.807) is 30.5 Å². The van der Waals surface area contributed by atoms with Crippen LogP contribution in [-0.2, 0) is 16.0 Å². The second-order valence-electron chi connectivity index (χ2n) is 5.02. The molecule has 0 radical (unpaired) electrons. The lowest BCUT2D eigenvalue weighted by molar-refractivity contribution is -0.121. The minimum absolute atomic E-state index is 0.208. The van der Waals surface area contributed by atoms with Crippen LogP contribution >= 0.6 is 0 Å². The lowest BCUT2D eigenvalue weighted by Crippen LogP contribution is -2.41. The zero-order chi connectivity index (χ0) is 15.5. The van der Waals surface area contributed by atoms with Crippen molar-refractivity contribution < 1.29 is 14.0 Å². The molecule has 2 amide bonds. The van der Waals surface area contributed by atoms with Crippen molar-refractivity contribution in [2.24, 2.45) is 0 Å². The molecule has 6 heteroatoms. The van der Waals surface area contributed by atoms with E-state index in [0.717, 1.165) is 5.56 Å². The Kier molecular flexibility index (Phi) is 3.82. The average molecular weight is 299 g/mol. The molecule has 112 valence electrons. The first kappa shape index (κ1) is 14.2. The maximum atomic E-state index is 14.0. The van der Waals surface area contributed by atoms with E-state index in [2.05, 4.69) is 10.3 Å². The third-order valence-electron chi connectivity index (χ3n) is 3.50. The number of anilines is 2. The molecular weight excluding hydrogens is 285 g/mol. The SMILES string of the molecule is O=C(CN1C(=O)CCc2cccc(F)c21)Nc1cccnc1. The standard InChI is InChI=1S/C16H14FN3O2/c17-13-5-1-3-11-6-7-15(22)20(16(11)13)10-14(21)19-12-4-2-8-18-9-12/h1-5,8-9H,6-7,10H2,(H,19,21). The minimum Gasteiger partial charge on any atom is -0.323 e. The highest BCUT2D eigenvalue weighted by molar-refractivity contribution is 6.04. The summed E-state index contributed by atoms with van der Waals surface area (Å²) in [4.78, 5) is 29.3. The molecule has 0 saturated carbocycles. The van der Waals surface area contributed by atoms with Crippen LogP contribution in [0.4, 0.5) is 15.8 Å². The van der Waals surface area contributed by atoms with E-state index in [-0.39, 0.29) is 24.6 Å². The Bertz CT molecular complexity index is 719. The normalized spacial score (nSPS) is 13.7. The van der Waals surface area contributed by atoms with Crippen molar-refractivity contribution >= 4 is 23.2 Å². The van der Waals surface area contributed by atoms with Gasteiger partial charge in [-0.15, -0.1) is 0 Å². The summed E-state index contributed by atoms with van der Waals surface area (Å²) in [6, 6.07) is 8.06. The van der Waals surface area contributed by atoms with E-state index in [0.29, 0.717) is 12.1 Å². The van der Waals surface area contributed by atoms with E-state index in [4.69, 9.17) is 0 Å². The van der Waals surface area contributed by atoms with Crippen LogP contribution in [0.25, 0.3) is 0 Å². The molecule has 0 bridgehead atoms. The van der Waals surface area contributed by atoms with Gasteiger partial charge >= 0.3 is 0 Å². The number of fused-ring (bicyclic) bond motifs is 1. The number of pyridine rings is 1. The fourth-order valence-corrected chi connectivity index (χ4v) is 2.51. The number of carbonyl (C=O) groups excluding carboxylic acids is 2. The third-order valence-corrected chi connectivity index (χ3v) is 3.50. The monoisotopic (exact) mass is 299 g/mol. The highest BCUT2D eigenvalue weighted by atomic mass is 19.1. The van der Waals surface area contributed by atoms with Crippen LogP contribution in [0.1, 0.15) is 12.0 Å². The van der Waals surface area contributed by atoms with Crippen LogP contribution in [0, 0.1) is 5.82 Å². The van der Waals surface area contributed by atoms with Gasteiger partial charge in [-0.3, -0.25) is 19.5 Å². The summed E-state index contributed by atoms with van der Waals surface area (Å²) in [5.74, 6) is -1.13. The largest absolute Gasteiger partial charge is 0.323 e. The van der Waals surface area contributed by atoms with Crippen molar-refractivity contribution in [3.63, 3.8) is 0 Å². The molecule has 0 spiro atoms. The topological polar surface area (TPSA) is 62.3 Å². The maximum absolute atomic E-state index is 14.0. The van der Waals surface area contributed by atoms with Crippen LogP contribution in [0.3, 0.4) is 0 Å². The number of aryl methyl sites for hydroxylation is 1. The number of halogens is 1. The fraction of sp³-hybridized carbons (Fsp3) is 0.188. The minimum atomic E-state index is -0.486. The lowest BCUT2D eigenvalue weighted by atomic mass is 10.0. The number of benzene rings is 1. The number of rotatable bonds is 3. The lowest BCUT2D eigenvalue weighted by Gasteiger charge is -2.29. The molecule has 2 aromatic rings. The number of hydrogen-bond donors (Lipinski definition) is 1. The molecule has 1 N–H and O–H groups in total. The molecule has 1 aliphatic heterocycles. The number of aromatic nitrogens is 1. The molecule has 5 nitrogen and oxygen atoms in total. The number of nitrogens with zero attached hydrogens (tertiary/aromatic N) is 2. The van der Waals surface area contributed by atoms with Crippen LogP contribution < -0.4 is 10.2 Å². The van der Waals surface area contributed by atoms with Crippen molar-refractivity contribution in [3.05, 3.63) is 54.1 Å². The Balaban J connectivity index is 1.80. The van der Waals surface area contributed by atoms with Gasteiger partial charge in [0.25, 0.3) is 0 Å². The smallest absolute Gasteiger partial charge is 0.244 e. The highest BCUT2D eigenvalue weighted by Crippen LogP contribution is 2.30. The summed E-state index contributed by atoms with van der Waals surface area (Å²) < 4.78 is 14.0. The van der Waals surface area contributed by atoms with Crippen molar-refractivity contribution in [1.82, 2.24) is 4.98 Å². The highest BCUT2D eigenvalue weighted by Gasteiger charge is 2.28. The maximum Gasteiger partial charge on any atom is 0.244 e. The van der Waals surface area contributed by atoms with Crippen LogP contribution in [0.5, 0.6) is 0 Å². The number of carbonyl (C=O) groups is 2. The number of nitrogens with one attached hydrogen (secondary N) is 1. The Morgan fingerprint density at radius 1 is 1.27 bits per heavy atom. The van der Waals surface area contributed by atoms with Gasteiger partial charge in [-0.1, -0.05) is 12.1 Å². The molecule has 3 rings (SSSR count). The van der Waals surface area contributed by atoms with E-state index in [9.17, 15) is 14.0 Å². The van der Waals surface area contributed by atoms with Gasteiger partial charge in [-0.05, 0) is 30.2 Å². The average Bonchev–Trinajstić information content (AvgIpc) is 2.51. The van der Waals surface area contributed by atoms with E-state index in [1.807, 2.05) is 0 Å². The summed E-state index contributed by atoms with van der Waals surface area (Å²) in [5.41, 5.74) is 1.49. The number of hydrogen-bond acceptors (Lipinski definition) is 3. The molecule has 1 aliphatic rings. The molecule has 0 fully saturated rings. The number of amides is 2. The van der Waals surface area contributed by atoms with Crippen molar-refractivity contribution in [3.8, 4) is 0 Å². The van der Waals surface area contributed by atoms with Gasteiger partial charge in [0.1, 0.15) is 12.4 Å². The third kappa shape index (κ3) is 2.81. The Morgan fingerprint density at radius 3 is 2.91 bits per heavy atom. The van der Waals surface area contributed by atoms with Crippen molar-refractivity contribution in [2.75, 3.05) is 16.8 Å². The molecule has 2 heterocycles. The molecule has 1 aromatic carbocycles. The van der Waals surface area contributed by atoms with Crippen molar-refractivity contribution in [2.45, 2.75) is 12.8 Å². The van der Waals surface area contributed by atoms with E-state index in [1.165, 1.54) is 17.2 Å². The van der Waals surface area contributed by atoms with Gasteiger partial charge in [-0.25, -0.2) is 4.39 Å². The van der Waals surface area contributed by atoms with Gasteiger partial charge in [0.05, 0.1) is 17.6 Å². The molecule has 22 heavy (non-hydrogen) atoms. The Labute approximate surface area is 126 Å². The molecular formula is C16H14FN3O2. The fourth-order valence-electron chi connectivity index (χ4n) is 2.51. The Morgan fingerprint density at radius 2 is 2.14 bits per heavy atom. The summed E-state index contributed by atoms with van der Waals surface area (Å²) in [5, 5.41) is 2.64. The van der Waals surface area contributed by atoms with Crippen LogP contribution in [-0.4, -0.2) is 23.3 Å². The second kappa shape index (κ2) is 5.93. The first-order chi connectivity index (χ1) is 10.6. The van der Waals surface area contributed by atoms with E-state index < -0.39 is 11.7 Å². The van der Waals surface area contributed by atoms with Crippen LogP contribution in [0.15, 0.2) is 42.7 Å². The van der Waals surface area contributed by atoms with Crippen LogP contribution in [0.2, 0.25) is 0 Å². The van der Waals surface area contributed by atoms with Gasteiger partial charge in [-0.2, -0.15) is 0 Å². The first-order valence-corrected chi connectivity index (χ1v) is 6.93. The zero-order valence-electron chi connectivity index (χ0n) is 11.8. The summed E-state index contributed by atoms with van der Waals surface area (Å²) in [6.45, 7) is -0.221. The molecule has 0 atom stereocenters. The van der Waals surface area contributed by atoms with Gasteiger partial charge in [0, 0.05) is 12.6 Å². The van der Waals surface area contributed by atoms with E-state index >= 15 is 0 Å². The number of para-hydroxylation sites is 1. The first-order valence-electron chi connectivity index (χ1n) is 6.93.